The van der Waals surface area contributed by atoms with Gasteiger partial charge in [0.2, 0.25) is 0 Å². The fourth-order valence-electron chi connectivity index (χ4n) is 1.80. The van der Waals surface area contributed by atoms with Gasteiger partial charge in [0, 0.05) is 22.7 Å². The van der Waals surface area contributed by atoms with E-state index in [1.54, 1.807) is 10.8 Å². The molecule has 2 unspecified atom stereocenters. The van der Waals surface area contributed by atoms with Crippen LogP contribution in [0.2, 0.25) is 0 Å². The van der Waals surface area contributed by atoms with Crippen molar-refractivity contribution in [1.82, 2.24) is 5.32 Å². The van der Waals surface area contributed by atoms with Gasteiger partial charge in [-0.25, -0.2) is 0 Å². The Labute approximate surface area is 146 Å². The average Bonchev–Trinajstić information content (AvgIpc) is 2.29. The smallest absolute Gasteiger partial charge is 0.152 e. The van der Waals surface area contributed by atoms with Crippen molar-refractivity contribution in [3.05, 3.63) is 0 Å². The molecule has 0 aromatic carbocycles. The molecule has 0 aliphatic carbocycles. The third-order valence-corrected chi connectivity index (χ3v) is 7.20. The number of carbonyl (C=O) groups excluding carboxylic acids is 1. The molecule has 4 heteroatoms. The minimum atomic E-state index is -0.264. The molecule has 2 atom stereocenters. The molecule has 0 bridgehead atoms. The van der Waals surface area contributed by atoms with Gasteiger partial charge in [-0.1, -0.05) is 70.1 Å². The monoisotopic (exact) mass is 347 g/mol. The van der Waals surface area contributed by atoms with E-state index in [1.807, 2.05) is 31.6 Å². The van der Waals surface area contributed by atoms with Crippen LogP contribution >= 0.6 is 21.6 Å². The Hall–Kier alpha value is 0.330. The molecule has 0 aliphatic heterocycles. The number of nitrogens with one attached hydrogen (secondary N) is 1. The van der Waals surface area contributed by atoms with Gasteiger partial charge in [-0.05, 0) is 32.6 Å². The highest BCUT2D eigenvalue weighted by Crippen LogP contribution is 2.40. The van der Waals surface area contributed by atoms with Crippen LogP contribution < -0.4 is 5.32 Å². The zero-order chi connectivity index (χ0) is 17.7. The van der Waals surface area contributed by atoms with Gasteiger partial charge in [0.25, 0.3) is 0 Å². The summed E-state index contributed by atoms with van der Waals surface area (Å²) in [6.45, 7) is 22.5. The predicted octanol–water partition coefficient (Wildman–Crippen LogP) is 5.42. The van der Waals surface area contributed by atoms with Crippen LogP contribution in [0.4, 0.5) is 0 Å². The Morgan fingerprint density at radius 3 is 1.73 bits per heavy atom. The summed E-state index contributed by atoms with van der Waals surface area (Å²) in [4.78, 5) is 12.7. The van der Waals surface area contributed by atoms with E-state index in [0.29, 0.717) is 22.9 Å². The van der Waals surface area contributed by atoms with Gasteiger partial charge in [-0.3, -0.25) is 4.79 Å². The lowest BCUT2D eigenvalue weighted by molar-refractivity contribution is -0.126. The lowest BCUT2D eigenvalue weighted by Gasteiger charge is -2.30. The van der Waals surface area contributed by atoms with Crippen LogP contribution in [0.25, 0.3) is 0 Å². The lowest BCUT2D eigenvalue weighted by Crippen LogP contribution is -2.41. The molecule has 0 rings (SSSR count). The molecule has 0 aliphatic rings. The highest BCUT2D eigenvalue weighted by atomic mass is 33.1. The zero-order valence-electron chi connectivity index (χ0n) is 16.2. The van der Waals surface area contributed by atoms with Crippen molar-refractivity contribution in [1.29, 1.82) is 0 Å². The molecule has 0 saturated carbocycles. The molecule has 0 spiro atoms. The van der Waals surface area contributed by atoms with Crippen LogP contribution in [0.1, 0.15) is 69.2 Å². The van der Waals surface area contributed by atoms with Crippen molar-refractivity contribution in [2.45, 2.75) is 85.3 Å². The molecule has 0 fully saturated rings. The Balaban J connectivity index is 4.75. The number of ketones is 1. The SMILES string of the molecule is CC(C)C(CNC(C)(C)C)SSC(C(=O)C(C)(C)C)C(C)C. The van der Waals surface area contributed by atoms with Gasteiger partial charge < -0.3 is 5.32 Å². The van der Waals surface area contributed by atoms with Crippen LogP contribution in [0.5, 0.6) is 0 Å². The molecule has 2 nitrogen and oxygen atoms in total. The largest absolute Gasteiger partial charge is 0.311 e. The van der Waals surface area contributed by atoms with E-state index in [-0.39, 0.29) is 16.2 Å². The van der Waals surface area contributed by atoms with Crippen molar-refractivity contribution >= 4 is 27.4 Å². The molecular weight excluding hydrogens is 310 g/mol. The predicted molar refractivity (Wildman–Crippen MR) is 105 cm³/mol. The molecule has 132 valence electrons. The maximum absolute atomic E-state index is 12.7. The average molecular weight is 348 g/mol. The molecular formula is C18H37NOS2. The van der Waals surface area contributed by atoms with E-state index in [0.717, 1.165) is 6.54 Å². The maximum atomic E-state index is 12.7. The molecule has 0 saturated heterocycles. The summed E-state index contributed by atoms with van der Waals surface area (Å²) in [5.74, 6) is 1.32. The van der Waals surface area contributed by atoms with Crippen LogP contribution in [-0.2, 0) is 4.79 Å². The van der Waals surface area contributed by atoms with Crippen LogP contribution in [0.15, 0.2) is 0 Å². The van der Waals surface area contributed by atoms with Crippen molar-refractivity contribution in [2.24, 2.45) is 17.3 Å². The van der Waals surface area contributed by atoms with Crippen molar-refractivity contribution in [3.8, 4) is 0 Å². The summed E-state index contributed by atoms with van der Waals surface area (Å²) in [6, 6.07) is 0. The summed E-state index contributed by atoms with van der Waals surface area (Å²) in [5.41, 5.74) is -0.128. The Bertz CT molecular complexity index is 340. The van der Waals surface area contributed by atoms with Crippen molar-refractivity contribution in [2.75, 3.05) is 6.54 Å². The minimum Gasteiger partial charge on any atom is -0.311 e. The van der Waals surface area contributed by atoms with Crippen LogP contribution in [-0.4, -0.2) is 28.4 Å². The molecule has 0 heterocycles. The Morgan fingerprint density at radius 1 is 0.909 bits per heavy atom. The third kappa shape index (κ3) is 8.83. The summed E-state index contributed by atoms with van der Waals surface area (Å²) >= 11 is 0. The number of hydrogen-bond acceptors (Lipinski definition) is 4. The maximum Gasteiger partial charge on any atom is 0.152 e. The highest BCUT2D eigenvalue weighted by Gasteiger charge is 2.33. The first-order chi connectivity index (χ1) is 9.75. The second-order valence-corrected chi connectivity index (χ2v) is 11.5. The number of Topliss-reactive ketones (excluding diaryl/α,β-unsaturated/α-hetero) is 1. The van der Waals surface area contributed by atoms with E-state index in [9.17, 15) is 4.79 Å². The van der Waals surface area contributed by atoms with Crippen LogP contribution in [0, 0.1) is 17.3 Å². The van der Waals surface area contributed by atoms with Gasteiger partial charge in [0.1, 0.15) is 0 Å². The lowest BCUT2D eigenvalue weighted by atomic mass is 9.86. The summed E-state index contributed by atoms with van der Waals surface area (Å²) in [5, 5.41) is 4.18. The molecule has 1 N–H and O–H groups in total. The normalized spacial score (nSPS) is 16.2. The Kier molecular flexibility index (Phi) is 9.12. The molecule has 0 aromatic rings. The summed E-state index contributed by atoms with van der Waals surface area (Å²) < 4.78 is 0. The Morgan fingerprint density at radius 2 is 1.41 bits per heavy atom. The van der Waals surface area contributed by atoms with Crippen molar-refractivity contribution < 1.29 is 4.79 Å². The molecule has 0 aromatic heterocycles. The molecule has 22 heavy (non-hydrogen) atoms. The van der Waals surface area contributed by atoms with Gasteiger partial charge in [0.05, 0.1) is 5.25 Å². The van der Waals surface area contributed by atoms with E-state index >= 15 is 0 Å². The summed E-state index contributed by atoms with van der Waals surface area (Å²) in [7, 11) is 3.66. The van der Waals surface area contributed by atoms with E-state index in [2.05, 4.69) is 53.8 Å². The third-order valence-electron chi connectivity index (χ3n) is 3.46. The van der Waals surface area contributed by atoms with E-state index in [4.69, 9.17) is 0 Å². The number of carbonyl (C=O) groups is 1. The standard InChI is InChI=1S/C18H37NOS2/c1-12(2)14(11-19-18(8,9)10)21-22-15(13(3)4)16(20)17(5,6)7/h12-15,19H,11H2,1-10H3. The van der Waals surface area contributed by atoms with Gasteiger partial charge in [-0.15, -0.1) is 0 Å². The highest BCUT2D eigenvalue weighted by molar-refractivity contribution is 8.77. The minimum absolute atomic E-state index is 0.0703. The van der Waals surface area contributed by atoms with E-state index < -0.39 is 0 Å². The number of rotatable bonds is 8. The van der Waals surface area contributed by atoms with Crippen LogP contribution in [0.3, 0.4) is 0 Å². The zero-order valence-corrected chi connectivity index (χ0v) is 17.9. The second-order valence-electron chi connectivity index (χ2n) is 8.88. The molecule has 0 radical (unpaired) electrons. The summed E-state index contributed by atoms with van der Waals surface area (Å²) in [6.07, 6.45) is 0. The number of hydrogen-bond donors (Lipinski definition) is 1. The first-order valence-electron chi connectivity index (χ1n) is 8.37. The fraction of sp³-hybridized carbons (Fsp3) is 0.944. The second kappa shape index (κ2) is 8.98. The van der Waals surface area contributed by atoms with Gasteiger partial charge in [0.15, 0.2) is 5.78 Å². The topological polar surface area (TPSA) is 29.1 Å². The van der Waals surface area contributed by atoms with Gasteiger partial charge in [-0.2, -0.15) is 0 Å². The van der Waals surface area contributed by atoms with Crippen molar-refractivity contribution in [3.63, 3.8) is 0 Å². The van der Waals surface area contributed by atoms with E-state index in [1.165, 1.54) is 0 Å². The first-order valence-corrected chi connectivity index (χ1v) is 10.6. The molecule has 0 amide bonds. The fourth-order valence-corrected chi connectivity index (χ4v) is 5.69. The quantitative estimate of drug-likeness (QED) is 0.594. The first kappa shape index (κ1) is 22.3. The van der Waals surface area contributed by atoms with Gasteiger partial charge >= 0.3 is 0 Å².